The summed E-state index contributed by atoms with van der Waals surface area (Å²) in [4.78, 5) is 17.9. The highest BCUT2D eigenvalue weighted by atomic mass is 32.2. The standard InChI is InChI=1S/C10H14N6OS2/c1-2-3-12-9-6(15-16-19-9)5-18-10-13-7(11)4-8(17)14-10/h4,12H,2-3,5H2,1H3,(H3,11,13,14,17). The minimum atomic E-state index is -0.254. The van der Waals surface area contributed by atoms with Crippen LogP contribution < -0.4 is 16.6 Å². The molecule has 7 nitrogen and oxygen atoms in total. The summed E-state index contributed by atoms with van der Waals surface area (Å²) in [6.07, 6.45) is 1.04. The van der Waals surface area contributed by atoms with Gasteiger partial charge in [0.2, 0.25) is 0 Å². The summed E-state index contributed by atoms with van der Waals surface area (Å²) in [6.45, 7) is 2.98. The van der Waals surface area contributed by atoms with E-state index in [0.29, 0.717) is 10.9 Å². The lowest BCUT2D eigenvalue weighted by Gasteiger charge is -2.03. The second-order valence-corrected chi connectivity index (χ2v) is 5.46. The molecule has 0 bridgehead atoms. The van der Waals surface area contributed by atoms with Gasteiger partial charge < -0.3 is 16.0 Å². The molecule has 0 saturated carbocycles. The third-order valence-electron chi connectivity index (χ3n) is 2.18. The number of nitrogens with zero attached hydrogens (tertiary/aromatic N) is 3. The summed E-state index contributed by atoms with van der Waals surface area (Å²) in [6, 6.07) is 1.25. The smallest absolute Gasteiger partial charge is 0.253 e. The molecule has 0 aliphatic heterocycles. The van der Waals surface area contributed by atoms with Gasteiger partial charge in [-0.15, -0.1) is 5.10 Å². The second kappa shape index (κ2) is 6.53. The third-order valence-corrected chi connectivity index (χ3v) is 3.79. The molecule has 0 atom stereocenters. The van der Waals surface area contributed by atoms with E-state index >= 15 is 0 Å². The molecule has 0 aliphatic carbocycles. The number of thioether (sulfide) groups is 1. The first-order valence-corrected chi connectivity index (χ1v) is 7.49. The zero-order valence-corrected chi connectivity index (χ0v) is 12.0. The van der Waals surface area contributed by atoms with E-state index in [-0.39, 0.29) is 11.4 Å². The molecular weight excluding hydrogens is 284 g/mol. The lowest BCUT2D eigenvalue weighted by Crippen LogP contribution is -2.09. The summed E-state index contributed by atoms with van der Waals surface area (Å²) in [5.41, 5.74) is 6.12. The molecule has 0 aliphatic rings. The molecule has 4 N–H and O–H groups in total. The molecule has 2 heterocycles. The highest BCUT2D eigenvalue weighted by Gasteiger charge is 2.09. The van der Waals surface area contributed by atoms with Crippen LogP contribution in [0.4, 0.5) is 10.8 Å². The fourth-order valence-corrected chi connectivity index (χ4v) is 2.85. The van der Waals surface area contributed by atoms with E-state index in [4.69, 9.17) is 5.73 Å². The number of H-pyrrole nitrogens is 1. The maximum Gasteiger partial charge on any atom is 0.253 e. The molecule has 2 aromatic rings. The molecule has 0 unspecified atom stereocenters. The van der Waals surface area contributed by atoms with Gasteiger partial charge in [0.25, 0.3) is 5.56 Å². The van der Waals surface area contributed by atoms with Crippen LogP contribution in [0.1, 0.15) is 19.0 Å². The Bertz CT molecular complexity index is 596. The van der Waals surface area contributed by atoms with Crippen LogP contribution in [-0.2, 0) is 5.75 Å². The summed E-state index contributed by atoms with van der Waals surface area (Å²) >= 11 is 2.70. The number of anilines is 2. The van der Waals surface area contributed by atoms with E-state index in [1.54, 1.807) is 0 Å². The van der Waals surface area contributed by atoms with Crippen molar-refractivity contribution in [3.05, 3.63) is 22.1 Å². The van der Waals surface area contributed by atoms with Gasteiger partial charge >= 0.3 is 0 Å². The van der Waals surface area contributed by atoms with Crippen LogP contribution in [0.5, 0.6) is 0 Å². The number of hydrogen-bond donors (Lipinski definition) is 3. The predicted octanol–water partition coefficient (Wildman–Crippen LogP) is 1.32. The quantitative estimate of drug-likeness (QED) is 0.545. The average Bonchev–Trinajstić information content (AvgIpc) is 2.80. The van der Waals surface area contributed by atoms with Crippen LogP contribution in [0, 0.1) is 0 Å². The van der Waals surface area contributed by atoms with Gasteiger partial charge in [-0.2, -0.15) is 0 Å². The number of nitrogen functional groups attached to an aromatic ring is 1. The van der Waals surface area contributed by atoms with Crippen LogP contribution in [0.15, 0.2) is 16.0 Å². The molecule has 0 aromatic carbocycles. The average molecular weight is 298 g/mol. The molecule has 0 amide bonds. The monoisotopic (exact) mass is 298 g/mol. The number of nitrogens with two attached hydrogens (primary N) is 1. The summed E-state index contributed by atoms with van der Waals surface area (Å²) in [5, 5.41) is 8.77. The van der Waals surface area contributed by atoms with Crippen molar-refractivity contribution in [2.45, 2.75) is 24.3 Å². The van der Waals surface area contributed by atoms with Crippen LogP contribution in [-0.4, -0.2) is 26.1 Å². The van der Waals surface area contributed by atoms with Gasteiger partial charge in [0, 0.05) is 29.9 Å². The first kappa shape index (κ1) is 13.8. The minimum Gasteiger partial charge on any atom is -0.383 e. The maximum atomic E-state index is 11.3. The van der Waals surface area contributed by atoms with Gasteiger partial charge in [-0.05, 0) is 6.42 Å². The van der Waals surface area contributed by atoms with Crippen molar-refractivity contribution < 1.29 is 0 Å². The van der Waals surface area contributed by atoms with Gasteiger partial charge in [-0.1, -0.05) is 23.2 Å². The zero-order valence-electron chi connectivity index (χ0n) is 10.3. The van der Waals surface area contributed by atoms with Crippen molar-refractivity contribution in [2.24, 2.45) is 0 Å². The Labute approximate surface area is 118 Å². The number of nitrogens with one attached hydrogen (secondary N) is 2. The van der Waals surface area contributed by atoms with Crippen molar-refractivity contribution in [3.63, 3.8) is 0 Å². The Kier molecular flexibility index (Phi) is 4.74. The molecular formula is C10H14N6OS2. The Morgan fingerprint density at radius 1 is 1.58 bits per heavy atom. The van der Waals surface area contributed by atoms with E-state index in [9.17, 15) is 4.79 Å². The van der Waals surface area contributed by atoms with E-state index in [1.165, 1.54) is 29.4 Å². The first-order chi connectivity index (χ1) is 9.19. The number of aromatic amines is 1. The second-order valence-electron chi connectivity index (χ2n) is 3.74. The van der Waals surface area contributed by atoms with E-state index in [1.807, 2.05) is 0 Å². The largest absolute Gasteiger partial charge is 0.383 e. The van der Waals surface area contributed by atoms with Crippen molar-refractivity contribution in [1.29, 1.82) is 0 Å². The van der Waals surface area contributed by atoms with Crippen molar-refractivity contribution in [2.75, 3.05) is 17.6 Å². The highest BCUT2D eigenvalue weighted by molar-refractivity contribution is 7.98. The van der Waals surface area contributed by atoms with E-state index in [2.05, 4.69) is 31.8 Å². The molecule has 0 fully saturated rings. The Hall–Kier alpha value is -1.61. The predicted molar refractivity (Wildman–Crippen MR) is 77.5 cm³/mol. The van der Waals surface area contributed by atoms with Crippen molar-refractivity contribution >= 4 is 34.1 Å². The zero-order chi connectivity index (χ0) is 13.7. The van der Waals surface area contributed by atoms with Crippen molar-refractivity contribution in [3.8, 4) is 0 Å². The molecule has 2 rings (SSSR count). The van der Waals surface area contributed by atoms with Crippen LogP contribution in [0.3, 0.4) is 0 Å². The summed E-state index contributed by atoms with van der Waals surface area (Å²) in [7, 11) is 0. The highest BCUT2D eigenvalue weighted by Crippen LogP contribution is 2.25. The topological polar surface area (TPSA) is 110 Å². The van der Waals surface area contributed by atoms with Gasteiger partial charge in [-0.3, -0.25) is 4.79 Å². The SMILES string of the molecule is CCCNc1snnc1CSc1nc(N)cc(=O)[nH]1. The van der Waals surface area contributed by atoms with E-state index < -0.39 is 0 Å². The van der Waals surface area contributed by atoms with Crippen LogP contribution in [0.2, 0.25) is 0 Å². The fraction of sp³-hybridized carbons (Fsp3) is 0.400. The summed E-state index contributed by atoms with van der Waals surface area (Å²) < 4.78 is 3.92. The number of rotatable bonds is 6. The molecule has 2 aromatic heterocycles. The first-order valence-electron chi connectivity index (χ1n) is 5.73. The lowest BCUT2D eigenvalue weighted by molar-refractivity contribution is 0.941. The van der Waals surface area contributed by atoms with Crippen LogP contribution in [0.25, 0.3) is 0 Å². The Morgan fingerprint density at radius 2 is 2.42 bits per heavy atom. The fourth-order valence-electron chi connectivity index (χ4n) is 1.33. The van der Waals surface area contributed by atoms with Gasteiger partial charge in [-0.25, -0.2) is 4.98 Å². The van der Waals surface area contributed by atoms with E-state index in [0.717, 1.165) is 23.7 Å². The molecule has 0 radical (unpaired) electrons. The minimum absolute atomic E-state index is 0.215. The molecule has 19 heavy (non-hydrogen) atoms. The van der Waals surface area contributed by atoms with Crippen molar-refractivity contribution in [1.82, 2.24) is 19.6 Å². The molecule has 9 heteroatoms. The molecule has 102 valence electrons. The third kappa shape index (κ3) is 3.93. The number of aromatic nitrogens is 4. The maximum absolute atomic E-state index is 11.3. The van der Waals surface area contributed by atoms with Gasteiger partial charge in [0.15, 0.2) is 5.16 Å². The number of hydrogen-bond acceptors (Lipinski definition) is 8. The normalized spacial score (nSPS) is 10.6. The van der Waals surface area contributed by atoms with Crippen LogP contribution >= 0.6 is 23.3 Å². The summed E-state index contributed by atoms with van der Waals surface area (Å²) in [5.74, 6) is 0.793. The molecule has 0 saturated heterocycles. The van der Waals surface area contributed by atoms with Gasteiger partial charge in [0.05, 0.1) is 0 Å². The molecule has 0 spiro atoms. The Balaban J connectivity index is 2.02. The van der Waals surface area contributed by atoms with Gasteiger partial charge in [0.1, 0.15) is 16.5 Å². The lowest BCUT2D eigenvalue weighted by atomic mass is 10.4. The Morgan fingerprint density at radius 3 is 3.16 bits per heavy atom.